The highest BCUT2D eigenvalue weighted by Gasteiger charge is 2.35. The van der Waals surface area contributed by atoms with E-state index in [1.165, 1.54) is 6.42 Å². The van der Waals surface area contributed by atoms with Gasteiger partial charge < -0.3 is 9.32 Å². The molecule has 26 heavy (non-hydrogen) atoms. The molecule has 1 saturated heterocycles. The van der Waals surface area contributed by atoms with Crippen molar-refractivity contribution in [2.24, 2.45) is 5.92 Å². The van der Waals surface area contributed by atoms with Gasteiger partial charge in [0, 0.05) is 24.6 Å². The zero-order valence-electron chi connectivity index (χ0n) is 14.6. The molecule has 1 aromatic carbocycles. The van der Waals surface area contributed by atoms with Gasteiger partial charge in [0.05, 0.1) is 5.92 Å². The molecule has 7 nitrogen and oxygen atoms in total. The van der Waals surface area contributed by atoms with Gasteiger partial charge in [-0.05, 0) is 25.0 Å². The summed E-state index contributed by atoms with van der Waals surface area (Å²) < 4.78 is 5.63. The number of hydrogen-bond donors (Lipinski definition) is 1. The van der Waals surface area contributed by atoms with Crippen LogP contribution < -0.4 is 10.2 Å². The van der Waals surface area contributed by atoms with Crippen molar-refractivity contribution in [3.05, 3.63) is 36.2 Å². The fourth-order valence-electron chi connectivity index (χ4n) is 3.75. The van der Waals surface area contributed by atoms with Crippen LogP contribution in [0.15, 0.2) is 34.7 Å². The summed E-state index contributed by atoms with van der Waals surface area (Å²) in [5.74, 6) is 0.257. The lowest BCUT2D eigenvalue weighted by molar-refractivity contribution is -0.121. The van der Waals surface area contributed by atoms with Crippen LogP contribution >= 0.6 is 0 Å². The molecule has 1 aromatic heterocycles. The Bertz CT molecular complexity index is 783. The number of aromatic nitrogens is 2. The first kappa shape index (κ1) is 16.8. The summed E-state index contributed by atoms with van der Waals surface area (Å²) in [6.45, 7) is 0.501. The van der Waals surface area contributed by atoms with Gasteiger partial charge in [0.25, 0.3) is 0 Å². The van der Waals surface area contributed by atoms with E-state index < -0.39 is 0 Å². The molecule has 4 rings (SSSR count). The summed E-state index contributed by atoms with van der Waals surface area (Å²) >= 11 is 0. The first-order valence-corrected chi connectivity index (χ1v) is 9.20. The standard InChI is InChI=1S/C19H22N4O3/c24-16-11-14(12-23(16)15-9-5-2-6-10-15)18-21-22-19(26-18)20-17(25)13-7-3-1-4-8-13/h2,5-6,9-10,13-14H,1,3-4,7-8,11-12H2,(H,20,22,25). The van der Waals surface area contributed by atoms with Crippen LogP contribution in [0.1, 0.15) is 50.3 Å². The van der Waals surface area contributed by atoms with E-state index in [1.54, 1.807) is 4.90 Å². The number of rotatable bonds is 4. The molecule has 7 heteroatoms. The first-order chi connectivity index (χ1) is 12.7. The molecule has 2 heterocycles. The number of carbonyl (C=O) groups excluding carboxylic acids is 2. The second-order valence-electron chi connectivity index (χ2n) is 7.01. The van der Waals surface area contributed by atoms with Crippen LogP contribution in [0.3, 0.4) is 0 Å². The molecule has 0 bridgehead atoms. The normalized spacial score (nSPS) is 21.2. The maximum absolute atomic E-state index is 12.3. The third-order valence-corrected chi connectivity index (χ3v) is 5.19. The van der Waals surface area contributed by atoms with Crippen molar-refractivity contribution in [2.75, 3.05) is 16.8 Å². The van der Waals surface area contributed by atoms with Gasteiger partial charge in [-0.3, -0.25) is 14.9 Å². The largest absolute Gasteiger partial charge is 0.407 e. The van der Waals surface area contributed by atoms with Crippen molar-refractivity contribution in [1.82, 2.24) is 10.2 Å². The SMILES string of the molecule is O=C(Nc1nnc(C2CC(=O)N(c3ccccc3)C2)o1)C1CCCCC1. The van der Waals surface area contributed by atoms with Crippen LogP contribution in [0.25, 0.3) is 0 Å². The molecule has 1 saturated carbocycles. The number of carbonyl (C=O) groups is 2. The lowest BCUT2D eigenvalue weighted by Crippen LogP contribution is -2.24. The Morgan fingerprint density at radius 3 is 2.65 bits per heavy atom. The van der Waals surface area contributed by atoms with Gasteiger partial charge in [-0.15, -0.1) is 5.10 Å². The number of nitrogens with one attached hydrogen (secondary N) is 1. The maximum Gasteiger partial charge on any atom is 0.322 e. The molecular weight excluding hydrogens is 332 g/mol. The van der Waals surface area contributed by atoms with Gasteiger partial charge in [0.1, 0.15) is 0 Å². The highest BCUT2D eigenvalue weighted by molar-refractivity contribution is 5.96. The van der Waals surface area contributed by atoms with Gasteiger partial charge >= 0.3 is 6.01 Å². The van der Waals surface area contributed by atoms with Gasteiger partial charge in [-0.1, -0.05) is 42.6 Å². The van der Waals surface area contributed by atoms with Crippen LogP contribution in [0.4, 0.5) is 11.7 Å². The Balaban J connectivity index is 1.40. The van der Waals surface area contributed by atoms with E-state index in [2.05, 4.69) is 15.5 Å². The molecule has 1 unspecified atom stereocenters. The number of amides is 2. The number of benzene rings is 1. The smallest absolute Gasteiger partial charge is 0.322 e. The van der Waals surface area contributed by atoms with Crippen molar-refractivity contribution < 1.29 is 14.0 Å². The maximum atomic E-state index is 12.3. The van der Waals surface area contributed by atoms with Crippen LogP contribution in [-0.2, 0) is 9.59 Å². The average Bonchev–Trinajstić information content (AvgIpc) is 3.30. The van der Waals surface area contributed by atoms with E-state index in [9.17, 15) is 9.59 Å². The summed E-state index contributed by atoms with van der Waals surface area (Å²) in [4.78, 5) is 26.3. The molecule has 2 aliphatic rings. The fraction of sp³-hybridized carbons (Fsp3) is 0.474. The summed E-state index contributed by atoms with van der Waals surface area (Å²) in [5, 5.41) is 10.7. The van der Waals surface area contributed by atoms with Crippen molar-refractivity contribution >= 4 is 23.5 Å². The quantitative estimate of drug-likeness (QED) is 0.911. The Kier molecular flexibility index (Phi) is 4.69. The molecule has 136 valence electrons. The monoisotopic (exact) mass is 354 g/mol. The molecular formula is C19H22N4O3. The van der Waals surface area contributed by atoms with E-state index in [0.29, 0.717) is 18.9 Å². The van der Waals surface area contributed by atoms with Crippen molar-refractivity contribution in [1.29, 1.82) is 0 Å². The summed E-state index contributed by atoms with van der Waals surface area (Å²) in [6, 6.07) is 9.67. The van der Waals surface area contributed by atoms with E-state index >= 15 is 0 Å². The zero-order chi connectivity index (χ0) is 17.9. The van der Waals surface area contributed by atoms with Crippen molar-refractivity contribution in [2.45, 2.75) is 44.4 Å². The van der Waals surface area contributed by atoms with E-state index in [1.807, 2.05) is 30.3 Å². The molecule has 0 spiro atoms. The third-order valence-electron chi connectivity index (χ3n) is 5.19. The van der Waals surface area contributed by atoms with Crippen LogP contribution in [-0.4, -0.2) is 28.6 Å². The molecule has 1 atom stereocenters. The van der Waals surface area contributed by atoms with Crippen LogP contribution in [0.2, 0.25) is 0 Å². The molecule has 1 aliphatic carbocycles. The Hall–Kier alpha value is -2.70. The second kappa shape index (κ2) is 7.27. The molecule has 1 N–H and O–H groups in total. The van der Waals surface area contributed by atoms with Gasteiger partial charge in [-0.25, -0.2) is 0 Å². The molecule has 2 fully saturated rings. The number of nitrogens with zero attached hydrogens (tertiary/aromatic N) is 3. The lowest BCUT2D eigenvalue weighted by atomic mass is 9.89. The molecule has 1 aliphatic heterocycles. The van der Waals surface area contributed by atoms with Gasteiger partial charge in [0.15, 0.2) is 0 Å². The van der Waals surface area contributed by atoms with Gasteiger partial charge in [-0.2, -0.15) is 0 Å². The first-order valence-electron chi connectivity index (χ1n) is 9.20. The second-order valence-corrected chi connectivity index (χ2v) is 7.01. The Labute approximate surface area is 151 Å². The van der Waals surface area contributed by atoms with Crippen molar-refractivity contribution in [3.63, 3.8) is 0 Å². The zero-order valence-corrected chi connectivity index (χ0v) is 14.6. The number of para-hydroxylation sites is 1. The summed E-state index contributed by atoms with van der Waals surface area (Å²) in [7, 11) is 0. The minimum atomic E-state index is -0.157. The summed E-state index contributed by atoms with van der Waals surface area (Å²) in [5.41, 5.74) is 0.866. The van der Waals surface area contributed by atoms with Crippen LogP contribution in [0, 0.1) is 5.92 Å². The number of hydrogen-bond acceptors (Lipinski definition) is 5. The Morgan fingerprint density at radius 1 is 1.12 bits per heavy atom. The lowest BCUT2D eigenvalue weighted by Gasteiger charge is -2.19. The predicted molar refractivity (Wildman–Crippen MR) is 95.7 cm³/mol. The topological polar surface area (TPSA) is 88.3 Å². The third kappa shape index (κ3) is 3.47. The highest BCUT2D eigenvalue weighted by Crippen LogP contribution is 2.32. The minimum absolute atomic E-state index is 0.0285. The highest BCUT2D eigenvalue weighted by atomic mass is 16.4. The minimum Gasteiger partial charge on any atom is -0.407 e. The average molecular weight is 354 g/mol. The van der Waals surface area contributed by atoms with E-state index in [0.717, 1.165) is 31.4 Å². The fourth-order valence-corrected chi connectivity index (χ4v) is 3.75. The van der Waals surface area contributed by atoms with Gasteiger partial charge in [0.2, 0.25) is 17.7 Å². The van der Waals surface area contributed by atoms with E-state index in [-0.39, 0.29) is 29.7 Å². The van der Waals surface area contributed by atoms with E-state index in [4.69, 9.17) is 4.42 Å². The molecule has 2 aromatic rings. The molecule has 0 radical (unpaired) electrons. The number of anilines is 2. The van der Waals surface area contributed by atoms with Crippen molar-refractivity contribution in [3.8, 4) is 0 Å². The molecule has 2 amide bonds. The van der Waals surface area contributed by atoms with Crippen LogP contribution in [0.5, 0.6) is 0 Å². The summed E-state index contributed by atoms with van der Waals surface area (Å²) in [6.07, 6.45) is 5.53. The predicted octanol–water partition coefficient (Wildman–Crippen LogP) is 3.11. The Morgan fingerprint density at radius 2 is 1.88 bits per heavy atom.